The van der Waals surface area contributed by atoms with E-state index in [4.69, 9.17) is 5.26 Å². The van der Waals surface area contributed by atoms with Crippen molar-refractivity contribution in [1.29, 1.82) is 5.26 Å². The molecule has 1 aromatic carbocycles. The lowest BCUT2D eigenvalue weighted by atomic mass is 10.1. The molecule has 2 amide bonds. The number of hydrogen-bond acceptors (Lipinski definition) is 3. The summed E-state index contributed by atoms with van der Waals surface area (Å²) in [4.78, 5) is 24.5. The van der Waals surface area contributed by atoms with Gasteiger partial charge in [0.15, 0.2) is 0 Å². The average molecular weight is 214 g/mol. The first-order valence-corrected chi connectivity index (χ1v) is 5.09. The molecule has 1 aliphatic rings. The molecule has 16 heavy (non-hydrogen) atoms. The lowest BCUT2D eigenvalue weighted by Crippen LogP contribution is -2.40. The first-order chi connectivity index (χ1) is 7.74. The molecule has 1 fully saturated rings. The molecule has 80 valence electrons. The summed E-state index contributed by atoms with van der Waals surface area (Å²) in [7, 11) is 0. The lowest BCUT2D eigenvalue weighted by molar-refractivity contribution is -0.129. The number of piperidine rings is 1. The second-order valence-corrected chi connectivity index (χ2v) is 3.61. The number of para-hydroxylation sites is 1. The number of hydrogen-bond donors (Lipinski definition) is 0. The SMILES string of the molecule is N#Cc1ccccc1N1C(=O)CCCC1=O. The highest BCUT2D eigenvalue weighted by molar-refractivity contribution is 6.16. The molecule has 4 heteroatoms. The van der Waals surface area contributed by atoms with Gasteiger partial charge in [0.2, 0.25) is 11.8 Å². The third-order valence-corrected chi connectivity index (χ3v) is 2.55. The van der Waals surface area contributed by atoms with Crippen molar-refractivity contribution in [3.05, 3.63) is 29.8 Å². The van der Waals surface area contributed by atoms with Gasteiger partial charge in [-0.2, -0.15) is 5.26 Å². The van der Waals surface area contributed by atoms with E-state index in [1.54, 1.807) is 24.3 Å². The first kappa shape index (κ1) is 10.4. The van der Waals surface area contributed by atoms with Crippen molar-refractivity contribution in [2.24, 2.45) is 0 Å². The van der Waals surface area contributed by atoms with E-state index in [1.807, 2.05) is 6.07 Å². The quantitative estimate of drug-likeness (QED) is 0.667. The van der Waals surface area contributed by atoms with Crippen LogP contribution in [0.4, 0.5) is 5.69 Å². The average Bonchev–Trinajstić information content (AvgIpc) is 2.29. The van der Waals surface area contributed by atoms with Crippen molar-refractivity contribution in [3.8, 4) is 6.07 Å². The Balaban J connectivity index is 2.46. The van der Waals surface area contributed by atoms with E-state index in [0.717, 1.165) is 4.90 Å². The molecule has 0 spiro atoms. The number of carbonyl (C=O) groups is 2. The highest BCUT2D eigenvalue weighted by atomic mass is 16.2. The molecular weight excluding hydrogens is 204 g/mol. The van der Waals surface area contributed by atoms with E-state index in [2.05, 4.69) is 0 Å². The summed E-state index contributed by atoms with van der Waals surface area (Å²) in [6, 6.07) is 8.64. The van der Waals surface area contributed by atoms with Gasteiger partial charge in [-0.1, -0.05) is 12.1 Å². The van der Waals surface area contributed by atoms with Crippen LogP contribution in [0.2, 0.25) is 0 Å². The molecule has 0 unspecified atom stereocenters. The molecule has 1 heterocycles. The third-order valence-electron chi connectivity index (χ3n) is 2.55. The molecular formula is C12H10N2O2. The van der Waals surface area contributed by atoms with Crippen molar-refractivity contribution < 1.29 is 9.59 Å². The number of nitriles is 1. The highest BCUT2D eigenvalue weighted by Gasteiger charge is 2.28. The summed E-state index contributed by atoms with van der Waals surface area (Å²) in [5.41, 5.74) is 0.755. The summed E-state index contributed by atoms with van der Waals surface area (Å²) in [5, 5.41) is 8.92. The number of rotatable bonds is 1. The zero-order valence-electron chi connectivity index (χ0n) is 8.64. The van der Waals surface area contributed by atoms with Gasteiger partial charge in [0, 0.05) is 12.8 Å². The standard InChI is InChI=1S/C12H10N2O2/c13-8-9-4-1-2-5-10(9)14-11(15)6-3-7-12(14)16/h1-2,4-5H,3,6-7H2. The van der Waals surface area contributed by atoms with Crippen LogP contribution in [0.25, 0.3) is 0 Å². The van der Waals surface area contributed by atoms with Crippen LogP contribution in [0.15, 0.2) is 24.3 Å². The monoisotopic (exact) mass is 214 g/mol. The number of amides is 2. The van der Waals surface area contributed by atoms with Crippen LogP contribution in [0.1, 0.15) is 24.8 Å². The molecule has 1 aliphatic heterocycles. The van der Waals surface area contributed by atoms with E-state index in [-0.39, 0.29) is 11.8 Å². The second-order valence-electron chi connectivity index (χ2n) is 3.61. The van der Waals surface area contributed by atoms with Crippen LogP contribution in [0.3, 0.4) is 0 Å². The third kappa shape index (κ3) is 1.68. The summed E-state index contributed by atoms with van der Waals surface area (Å²) < 4.78 is 0. The Bertz CT molecular complexity index is 472. The van der Waals surface area contributed by atoms with Crippen molar-refractivity contribution in [2.75, 3.05) is 4.90 Å². The van der Waals surface area contributed by atoms with E-state index in [0.29, 0.717) is 30.5 Å². The fourth-order valence-corrected chi connectivity index (χ4v) is 1.79. The predicted molar refractivity (Wildman–Crippen MR) is 57.5 cm³/mol. The largest absolute Gasteiger partial charge is 0.274 e. The maximum atomic E-state index is 11.7. The number of anilines is 1. The summed E-state index contributed by atoms with van der Waals surface area (Å²) in [6.07, 6.45) is 1.33. The van der Waals surface area contributed by atoms with Crippen molar-refractivity contribution in [3.63, 3.8) is 0 Å². The normalized spacial score (nSPS) is 16.1. The molecule has 1 saturated heterocycles. The number of benzene rings is 1. The molecule has 0 aromatic heterocycles. The minimum atomic E-state index is -0.223. The van der Waals surface area contributed by atoms with Crippen LogP contribution < -0.4 is 4.90 Å². The van der Waals surface area contributed by atoms with E-state index < -0.39 is 0 Å². The Morgan fingerprint density at radius 2 is 1.75 bits per heavy atom. The van der Waals surface area contributed by atoms with Gasteiger partial charge < -0.3 is 0 Å². The smallest absolute Gasteiger partial charge is 0.233 e. The van der Waals surface area contributed by atoms with E-state index in [9.17, 15) is 9.59 Å². The molecule has 2 rings (SSSR count). The molecule has 1 aromatic rings. The van der Waals surface area contributed by atoms with Crippen LogP contribution in [0, 0.1) is 11.3 Å². The fraction of sp³-hybridized carbons (Fsp3) is 0.250. The molecule has 0 bridgehead atoms. The lowest BCUT2D eigenvalue weighted by Gasteiger charge is -2.25. The van der Waals surface area contributed by atoms with Crippen LogP contribution in [0.5, 0.6) is 0 Å². The Morgan fingerprint density at radius 3 is 2.38 bits per heavy atom. The van der Waals surface area contributed by atoms with Gasteiger partial charge >= 0.3 is 0 Å². The van der Waals surface area contributed by atoms with Crippen molar-refractivity contribution in [1.82, 2.24) is 0 Å². The number of nitrogens with zero attached hydrogens (tertiary/aromatic N) is 2. The van der Waals surface area contributed by atoms with Gasteiger partial charge in [-0.15, -0.1) is 0 Å². The molecule has 0 aliphatic carbocycles. The molecule has 0 atom stereocenters. The molecule has 0 radical (unpaired) electrons. The predicted octanol–water partition coefficient (Wildman–Crippen LogP) is 1.60. The fourth-order valence-electron chi connectivity index (χ4n) is 1.79. The Kier molecular flexibility index (Phi) is 2.69. The molecule has 0 saturated carbocycles. The minimum Gasteiger partial charge on any atom is -0.274 e. The topological polar surface area (TPSA) is 61.2 Å². The van der Waals surface area contributed by atoms with Crippen LogP contribution >= 0.6 is 0 Å². The van der Waals surface area contributed by atoms with Gasteiger partial charge in [0.1, 0.15) is 6.07 Å². The summed E-state index contributed by atoms with van der Waals surface area (Å²) in [6.45, 7) is 0. The number of imide groups is 1. The van der Waals surface area contributed by atoms with E-state index in [1.165, 1.54) is 0 Å². The minimum absolute atomic E-state index is 0.223. The zero-order valence-corrected chi connectivity index (χ0v) is 8.64. The van der Waals surface area contributed by atoms with Crippen LogP contribution in [-0.2, 0) is 9.59 Å². The Labute approximate surface area is 93.1 Å². The Morgan fingerprint density at radius 1 is 1.12 bits per heavy atom. The molecule has 0 N–H and O–H groups in total. The van der Waals surface area contributed by atoms with Crippen molar-refractivity contribution in [2.45, 2.75) is 19.3 Å². The van der Waals surface area contributed by atoms with Gasteiger partial charge in [0.05, 0.1) is 11.3 Å². The van der Waals surface area contributed by atoms with Gasteiger partial charge in [-0.3, -0.25) is 9.59 Å². The van der Waals surface area contributed by atoms with E-state index >= 15 is 0 Å². The second kappa shape index (κ2) is 4.15. The highest BCUT2D eigenvalue weighted by Crippen LogP contribution is 2.24. The maximum Gasteiger partial charge on any atom is 0.233 e. The van der Waals surface area contributed by atoms with Crippen LogP contribution in [-0.4, -0.2) is 11.8 Å². The number of carbonyl (C=O) groups excluding carboxylic acids is 2. The summed E-state index contributed by atoms with van der Waals surface area (Å²) >= 11 is 0. The maximum absolute atomic E-state index is 11.7. The van der Waals surface area contributed by atoms with Gasteiger partial charge in [-0.25, -0.2) is 4.90 Å². The van der Waals surface area contributed by atoms with Gasteiger partial charge in [0.25, 0.3) is 0 Å². The van der Waals surface area contributed by atoms with Gasteiger partial charge in [-0.05, 0) is 18.6 Å². The summed E-state index contributed by atoms with van der Waals surface area (Å²) in [5.74, 6) is -0.446. The zero-order chi connectivity index (χ0) is 11.5. The Hall–Kier alpha value is -2.15. The molecule has 4 nitrogen and oxygen atoms in total. The van der Waals surface area contributed by atoms with Crippen molar-refractivity contribution >= 4 is 17.5 Å². The first-order valence-electron chi connectivity index (χ1n) is 5.09.